The first-order valence-electron chi connectivity index (χ1n) is 4.15. The fourth-order valence-corrected chi connectivity index (χ4v) is 0.779. The van der Waals surface area contributed by atoms with Crippen LogP contribution < -0.4 is 5.32 Å². The number of carbonyl (C=O) groups excluding carboxylic acids is 1. The quantitative estimate of drug-likeness (QED) is 0.636. The van der Waals surface area contributed by atoms with Crippen LogP contribution in [0.3, 0.4) is 0 Å². The molecule has 0 aliphatic carbocycles. The highest BCUT2D eigenvalue weighted by Crippen LogP contribution is 2.14. The van der Waals surface area contributed by atoms with Gasteiger partial charge in [0.05, 0.1) is 0 Å². The fourth-order valence-electron chi connectivity index (χ4n) is 0.779. The maximum atomic E-state index is 10.9. The SMILES string of the molecule is C=C=CC(C)(C)CNC(=O)CC. The highest BCUT2D eigenvalue weighted by Gasteiger charge is 2.13. The third kappa shape index (κ3) is 4.75. The van der Waals surface area contributed by atoms with E-state index in [0.717, 1.165) is 0 Å². The summed E-state index contributed by atoms with van der Waals surface area (Å²) in [5.74, 6) is 0.0838. The Morgan fingerprint density at radius 1 is 1.67 bits per heavy atom. The van der Waals surface area contributed by atoms with Gasteiger partial charge in [0.2, 0.25) is 5.91 Å². The van der Waals surface area contributed by atoms with E-state index in [2.05, 4.69) is 17.6 Å². The topological polar surface area (TPSA) is 29.1 Å². The van der Waals surface area contributed by atoms with Crippen molar-refractivity contribution in [2.75, 3.05) is 6.54 Å². The van der Waals surface area contributed by atoms with E-state index in [0.29, 0.717) is 13.0 Å². The molecule has 0 aromatic heterocycles. The molecule has 0 aliphatic rings. The van der Waals surface area contributed by atoms with Gasteiger partial charge in [-0.3, -0.25) is 4.79 Å². The zero-order chi connectivity index (χ0) is 9.61. The number of hydrogen-bond acceptors (Lipinski definition) is 1. The molecule has 0 radical (unpaired) electrons. The Labute approximate surface area is 74.4 Å². The Kier molecular flexibility index (Phi) is 4.38. The van der Waals surface area contributed by atoms with Gasteiger partial charge in [0.1, 0.15) is 0 Å². The van der Waals surface area contributed by atoms with Crippen molar-refractivity contribution in [3.8, 4) is 0 Å². The van der Waals surface area contributed by atoms with Gasteiger partial charge in [-0.2, -0.15) is 0 Å². The van der Waals surface area contributed by atoms with Crippen molar-refractivity contribution in [1.29, 1.82) is 0 Å². The second-order valence-corrected chi connectivity index (χ2v) is 3.47. The lowest BCUT2D eigenvalue weighted by molar-refractivity contribution is -0.121. The van der Waals surface area contributed by atoms with Crippen LogP contribution in [0, 0.1) is 5.41 Å². The van der Waals surface area contributed by atoms with E-state index in [-0.39, 0.29) is 11.3 Å². The predicted octanol–water partition coefficient (Wildman–Crippen LogP) is 1.88. The largest absolute Gasteiger partial charge is 0.355 e. The first-order chi connectivity index (χ1) is 5.52. The second kappa shape index (κ2) is 4.78. The van der Waals surface area contributed by atoms with Crippen molar-refractivity contribution in [2.24, 2.45) is 5.41 Å². The molecule has 0 aromatic carbocycles. The molecule has 1 amide bonds. The van der Waals surface area contributed by atoms with Gasteiger partial charge in [0.15, 0.2) is 0 Å². The lowest BCUT2D eigenvalue weighted by Gasteiger charge is -2.19. The summed E-state index contributed by atoms with van der Waals surface area (Å²) in [6.45, 7) is 10.0. The monoisotopic (exact) mass is 167 g/mol. The lowest BCUT2D eigenvalue weighted by atomic mass is 9.93. The molecule has 0 saturated heterocycles. The number of hydrogen-bond donors (Lipinski definition) is 1. The molecule has 1 N–H and O–H groups in total. The summed E-state index contributed by atoms with van der Waals surface area (Å²) in [6, 6.07) is 0. The van der Waals surface area contributed by atoms with Gasteiger partial charge in [-0.15, -0.1) is 5.73 Å². The van der Waals surface area contributed by atoms with Crippen molar-refractivity contribution >= 4 is 5.91 Å². The average Bonchev–Trinajstić information content (AvgIpc) is 2.00. The van der Waals surface area contributed by atoms with Crippen LogP contribution in [0.2, 0.25) is 0 Å². The van der Waals surface area contributed by atoms with Gasteiger partial charge in [-0.1, -0.05) is 27.4 Å². The standard InChI is InChI=1S/C10H17NO/c1-5-7-10(3,4)8-11-9(12)6-2/h7H,1,6,8H2,2-4H3,(H,11,12). The van der Waals surface area contributed by atoms with Crippen LogP contribution in [0.25, 0.3) is 0 Å². The molecular weight excluding hydrogens is 150 g/mol. The van der Waals surface area contributed by atoms with Crippen LogP contribution in [0.15, 0.2) is 18.4 Å². The van der Waals surface area contributed by atoms with Crippen molar-refractivity contribution < 1.29 is 4.79 Å². The van der Waals surface area contributed by atoms with Crippen LogP contribution in [0.1, 0.15) is 27.2 Å². The third-order valence-corrected chi connectivity index (χ3v) is 1.56. The molecule has 2 nitrogen and oxygen atoms in total. The molecule has 12 heavy (non-hydrogen) atoms. The van der Waals surface area contributed by atoms with Crippen LogP contribution in [0.5, 0.6) is 0 Å². The molecule has 2 heteroatoms. The number of nitrogens with one attached hydrogen (secondary N) is 1. The number of amides is 1. The third-order valence-electron chi connectivity index (χ3n) is 1.56. The summed E-state index contributed by atoms with van der Waals surface area (Å²) < 4.78 is 0. The first kappa shape index (κ1) is 11.0. The fraction of sp³-hybridized carbons (Fsp3) is 0.600. The number of carbonyl (C=O) groups is 1. The van der Waals surface area contributed by atoms with E-state index in [9.17, 15) is 4.79 Å². The molecule has 0 spiro atoms. The minimum absolute atomic E-state index is 0.0490. The molecule has 0 unspecified atom stereocenters. The Morgan fingerprint density at radius 3 is 2.67 bits per heavy atom. The summed E-state index contributed by atoms with van der Waals surface area (Å²) >= 11 is 0. The van der Waals surface area contributed by atoms with E-state index in [1.54, 1.807) is 0 Å². The molecule has 0 aliphatic heterocycles. The Hall–Kier alpha value is -1.01. The maximum absolute atomic E-state index is 10.9. The number of rotatable bonds is 4. The molecule has 0 heterocycles. The summed E-state index contributed by atoms with van der Waals surface area (Å²) in [6.07, 6.45) is 2.40. The normalized spacial score (nSPS) is 10.2. The summed E-state index contributed by atoms with van der Waals surface area (Å²) in [5.41, 5.74) is 2.67. The first-order valence-corrected chi connectivity index (χ1v) is 4.15. The average molecular weight is 167 g/mol. The predicted molar refractivity (Wildman–Crippen MR) is 50.8 cm³/mol. The van der Waals surface area contributed by atoms with E-state index in [4.69, 9.17) is 0 Å². The highest BCUT2D eigenvalue weighted by molar-refractivity contribution is 5.75. The second-order valence-electron chi connectivity index (χ2n) is 3.47. The summed E-state index contributed by atoms with van der Waals surface area (Å²) in [7, 11) is 0. The molecule has 0 bridgehead atoms. The van der Waals surface area contributed by atoms with Gasteiger partial charge < -0.3 is 5.32 Å². The molecular formula is C10H17NO. The van der Waals surface area contributed by atoms with Crippen LogP contribution in [0.4, 0.5) is 0 Å². The molecule has 0 saturated carbocycles. The molecule has 0 aromatic rings. The van der Waals surface area contributed by atoms with Crippen molar-refractivity contribution in [2.45, 2.75) is 27.2 Å². The van der Waals surface area contributed by atoms with Crippen molar-refractivity contribution in [3.63, 3.8) is 0 Å². The van der Waals surface area contributed by atoms with Gasteiger partial charge in [-0.05, 0) is 6.08 Å². The Balaban J connectivity index is 3.91. The Morgan fingerprint density at radius 2 is 2.25 bits per heavy atom. The van der Waals surface area contributed by atoms with Crippen molar-refractivity contribution in [1.82, 2.24) is 5.32 Å². The summed E-state index contributed by atoms with van der Waals surface area (Å²) in [4.78, 5) is 10.9. The molecule has 0 rings (SSSR count). The minimum Gasteiger partial charge on any atom is -0.355 e. The Bertz CT molecular complexity index is 200. The van der Waals surface area contributed by atoms with Crippen LogP contribution in [-0.4, -0.2) is 12.5 Å². The maximum Gasteiger partial charge on any atom is 0.219 e. The zero-order valence-corrected chi connectivity index (χ0v) is 8.11. The van der Waals surface area contributed by atoms with Crippen LogP contribution in [-0.2, 0) is 4.79 Å². The van der Waals surface area contributed by atoms with Gasteiger partial charge in [0, 0.05) is 18.4 Å². The molecule has 0 atom stereocenters. The van der Waals surface area contributed by atoms with Crippen molar-refractivity contribution in [3.05, 3.63) is 18.4 Å². The smallest absolute Gasteiger partial charge is 0.219 e. The summed E-state index contributed by atoms with van der Waals surface area (Å²) in [5, 5.41) is 2.82. The minimum atomic E-state index is -0.0490. The van der Waals surface area contributed by atoms with E-state index < -0.39 is 0 Å². The highest BCUT2D eigenvalue weighted by atomic mass is 16.1. The molecule has 68 valence electrons. The van der Waals surface area contributed by atoms with E-state index in [1.165, 1.54) is 0 Å². The van der Waals surface area contributed by atoms with E-state index >= 15 is 0 Å². The zero-order valence-electron chi connectivity index (χ0n) is 8.11. The molecule has 0 fully saturated rings. The van der Waals surface area contributed by atoms with E-state index in [1.807, 2.05) is 26.8 Å². The van der Waals surface area contributed by atoms with Gasteiger partial charge in [-0.25, -0.2) is 0 Å². The van der Waals surface area contributed by atoms with Gasteiger partial charge >= 0.3 is 0 Å². The van der Waals surface area contributed by atoms with Crippen LogP contribution >= 0.6 is 0 Å². The van der Waals surface area contributed by atoms with Gasteiger partial charge in [0.25, 0.3) is 0 Å². The lowest BCUT2D eigenvalue weighted by Crippen LogP contribution is -2.32.